The van der Waals surface area contributed by atoms with Gasteiger partial charge in [-0.25, -0.2) is 4.39 Å². The van der Waals surface area contributed by atoms with Gasteiger partial charge in [0, 0.05) is 71.7 Å². The number of nitrogens with zero attached hydrogens (tertiary/aromatic N) is 3. The average Bonchev–Trinajstić information content (AvgIpc) is 4.00. The third-order valence-corrected chi connectivity index (χ3v) is 14.3. The Kier molecular flexibility index (Phi) is 14.4. The van der Waals surface area contributed by atoms with Crippen molar-refractivity contribution in [2.75, 3.05) is 0 Å². The van der Waals surface area contributed by atoms with E-state index in [2.05, 4.69) is 110 Å². The van der Waals surface area contributed by atoms with Gasteiger partial charge in [-0.05, 0) is 95.1 Å². The van der Waals surface area contributed by atoms with E-state index in [0.29, 0.717) is 11.5 Å². The summed E-state index contributed by atoms with van der Waals surface area (Å²) in [5, 5.41) is 3.49. The van der Waals surface area contributed by atoms with Gasteiger partial charge in [0.2, 0.25) is 0 Å². The average molecular weight is 1020 g/mol. The zero-order valence-corrected chi connectivity index (χ0v) is 40.1. The third kappa shape index (κ3) is 10.5. The first-order valence-electron chi connectivity index (χ1n) is 21.7. The quantitative estimate of drug-likeness (QED) is 0.149. The second-order valence-electron chi connectivity index (χ2n) is 17.7. The molecule has 1 radical (unpaired) electrons. The van der Waals surface area contributed by atoms with Gasteiger partial charge in [0.1, 0.15) is 17.0 Å². The normalized spacial score (nSPS) is 12.8. The van der Waals surface area contributed by atoms with Crippen molar-refractivity contribution in [2.45, 2.75) is 64.6 Å². The molecule has 0 N–H and O–H groups in total. The van der Waals surface area contributed by atoms with Crippen LogP contribution in [0.15, 0.2) is 187 Å². The van der Waals surface area contributed by atoms with E-state index < -0.39 is 8.07 Å². The number of halogens is 1. The van der Waals surface area contributed by atoms with E-state index in [1.807, 2.05) is 97.5 Å². The maximum absolute atomic E-state index is 14.4. The molecule has 5 aromatic carbocycles. The Labute approximate surface area is 386 Å². The summed E-state index contributed by atoms with van der Waals surface area (Å²) in [4.78, 5) is 13.5. The van der Waals surface area contributed by atoms with Crippen LogP contribution < -0.4 is 5.19 Å². The Morgan fingerprint density at radius 3 is 1.83 bits per heavy atom. The zero-order valence-electron chi connectivity index (χ0n) is 36.7. The van der Waals surface area contributed by atoms with E-state index >= 15 is 0 Å². The Morgan fingerprint density at radius 2 is 1.19 bits per heavy atom. The molecular formula is C56H54FIrN3OSi. The molecule has 63 heavy (non-hydrogen) atoms. The minimum atomic E-state index is -1.22. The SMILES string of the molecule is CC(C)(c1ccnc(-c2cccc3c2oc2cc(-c4ccccc4F)ccc23)c1)C1CCCC1.C[Si](C)(C)c1ccc(-c2ccccc2)nc1.[Ir].c1ccc(-c2ccccn2)cc1. The van der Waals surface area contributed by atoms with Crippen molar-refractivity contribution in [3.63, 3.8) is 0 Å². The van der Waals surface area contributed by atoms with Gasteiger partial charge in [-0.1, -0.05) is 156 Å². The van der Waals surface area contributed by atoms with Crippen LogP contribution in [0.1, 0.15) is 45.1 Å². The number of fused-ring (bicyclic) bond motifs is 3. The van der Waals surface area contributed by atoms with Crippen molar-refractivity contribution in [2.24, 2.45) is 5.92 Å². The second kappa shape index (κ2) is 20.1. The van der Waals surface area contributed by atoms with Crippen LogP contribution in [0.2, 0.25) is 19.6 Å². The molecule has 4 nitrogen and oxygen atoms in total. The van der Waals surface area contributed by atoms with Crippen molar-refractivity contribution in [1.82, 2.24) is 15.0 Å². The molecule has 1 saturated carbocycles. The van der Waals surface area contributed by atoms with Gasteiger partial charge in [-0.3, -0.25) is 15.0 Å². The van der Waals surface area contributed by atoms with Crippen molar-refractivity contribution < 1.29 is 28.9 Å². The van der Waals surface area contributed by atoms with E-state index in [4.69, 9.17) is 9.40 Å². The second-order valence-corrected chi connectivity index (χ2v) is 22.8. The molecule has 319 valence electrons. The number of rotatable bonds is 7. The number of benzene rings is 5. The fourth-order valence-electron chi connectivity index (χ4n) is 8.48. The van der Waals surface area contributed by atoms with Crippen LogP contribution in [0, 0.1) is 11.7 Å². The smallest absolute Gasteiger partial charge is 0.144 e. The predicted octanol–water partition coefficient (Wildman–Crippen LogP) is 15.0. The molecule has 1 aliphatic carbocycles. The third-order valence-electron chi connectivity index (χ3n) is 12.3. The number of para-hydroxylation sites is 1. The van der Waals surface area contributed by atoms with E-state index in [-0.39, 0.29) is 31.3 Å². The topological polar surface area (TPSA) is 51.8 Å². The number of aromatic nitrogens is 3. The molecule has 0 aliphatic heterocycles. The summed E-state index contributed by atoms with van der Waals surface area (Å²) in [6, 6.07) is 54.2. The first-order chi connectivity index (χ1) is 30.1. The van der Waals surface area contributed by atoms with E-state index in [9.17, 15) is 4.39 Å². The summed E-state index contributed by atoms with van der Waals surface area (Å²) in [6.45, 7) is 11.8. The molecule has 0 bridgehead atoms. The summed E-state index contributed by atoms with van der Waals surface area (Å²) in [5.74, 6) is 0.478. The molecule has 0 spiro atoms. The number of hydrogen-bond donors (Lipinski definition) is 0. The van der Waals surface area contributed by atoms with E-state index in [0.717, 1.165) is 55.7 Å². The molecule has 0 unspecified atom stereocenters. The fraction of sp³-hybridized carbons (Fsp3) is 0.196. The molecule has 4 aromatic heterocycles. The van der Waals surface area contributed by atoms with Gasteiger partial charge in [0.15, 0.2) is 0 Å². The maximum atomic E-state index is 14.4. The molecule has 7 heteroatoms. The van der Waals surface area contributed by atoms with E-state index in [1.54, 1.807) is 12.1 Å². The standard InChI is InChI=1S/C31H28FNO.C14H17NSi.C11H9N.Ir/c1-31(2,21-8-3-4-9-21)22-16-17-33-28(19-22)26-12-7-11-25-24-15-14-20(18-29(24)34-30(25)26)23-10-5-6-13-27(23)32;1-16(2,3)13-9-10-14(15-11-13)12-7-5-4-6-8-12;1-2-6-10(7-3-1)11-8-4-5-9-12-11;/h5-7,10-19,21H,3-4,8-9H2,1-2H3;4-11H,1-3H3;1-9H;. The van der Waals surface area contributed by atoms with Crippen molar-refractivity contribution in [1.29, 1.82) is 0 Å². The molecule has 9 aromatic rings. The minimum absolute atomic E-state index is 0. The monoisotopic (exact) mass is 1020 g/mol. The van der Waals surface area contributed by atoms with Crippen LogP contribution in [0.5, 0.6) is 0 Å². The van der Waals surface area contributed by atoms with Gasteiger partial charge in [0.05, 0.1) is 25.2 Å². The number of hydrogen-bond acceptors (Lipinski definition) is 4. The van der Waals surface area contributed by atoms with Crippen LogP contribution >= 0.6 is 0 Å². The van der Waals surface area contributed by atoms with Crippen LogP contribution in [-0.4, -0.2) is 23.0 Å². The van der Waals surface area contributed by atoms with Crippen molar-refractivity contribution in [3.8, 4) is 44.9 Å². The van der Waals surface area contributed by atoms with Crippen LogP contribution in [0.3, 0.4) is 0 Å². The summed E-state index contributed by atoms with van der Waals surface area (Å²) in [5.41, 5.74) is 10.8. The van der Waals surface area contributed by atoms with Crippen LogP contribution in [-0.2, 0) is 25.5 Å². The number of furan rings is 1. The van der Waals surface area contributed by atoms with Crippen LogP contribution in [0.4, 0.5) is 4.39 Å². The number of pyridine rings is 3. The zero-order chi connectivity index (χ0) is 43.1. The summed E-state index contributed by atoms with van der Waals surface area (Å²) < 4.78 is 20.8. The van der Waals surface area contributed by atoms with Crippen molar-refractivity contribution >= 4 is 35.2 Å². The van der Waals surface area contributed by atoms with Gasteiger partial charge in [-0.15, -0.1) is 0 Å². The summed E-state index contributed by atoms with van der Waals surface area (Å²) in [6.07, 6.45) is 11.0. The predicted molar refractivity (Wildman–Crippen MR) is 260 cm³/mol. The Bertz CT molecular complexity index is 2830. The molecule has 1 fully saturated rings. The first-order valence-corrected chi connectivity index (χ1v) is 25.2. The summed E-state index contributed by atoms with van der Waals surface area (Å²) in [7, 11) is -1.22. The van der Waals surface area contributed by atoms with Gasteiger partial charge >= 0.3 is 0 Å². The molecule has 4 heterocycles. The summed E-state index contributed by atoms with van der Waals surface area (Å²) >= 11 is 0. The molecule has 0 atom stereocenters. The molecule has 10 rings (SSSR count). The maximum Gasteiger partial charge on any atom is 0.144 e. The Morgan fingerprint density at radius 1 is 0.556 bits per heavy atom. The Balaban J connectivity index is 0.000000169. The van der Waals surface area contributed by atoms with Gasteiger partial charge < -0.3 is 4.42 Å². The Hall–Kier alpha value is -5.85. The molecular weight excluding hydrogens is 970 g/mol. The van der Waals surface area contributed by atoms with Crippen molar-refractivity contribution in [3.05, 3.63) is 194 Å². The largest absolute Gasteiger partial charge is 0.455 e. The van der Waals surface area contributed by atoms with Gasteiger partial charge in [-0.2, -0.15) is 0 Å². The van der Waals surface area contributed by atoms with Crippen LogP contribution in [0.25, 0.3) is 66.8 Å². The molecule has 0 amide bonds. The van der Waals surface area contributed by atoms with E-state index in [1.165, 1.54) is 48.1 Å². The first kappa shape index (κ1) is 45.2. The minimum Gasteiger partial charge on any atom is -0.455 e. The van der Waals surface area contributed by atoms with Gasteiger partial charge in [0.25, 0.3) is 0 Å². The fourth-order valence-corrected chi connectivity index (χ4v) is 9.52. The molecule has 0 saturated heterocycles. The molecule has 1 aliphatic rings.